The van der Waals surface area contributed by atoms with E-state index in [2.05, 4.69) is 12.1 Å². The summed E-state index contributed by atoms with van der Waals surface area (Å²) in [6.45, 7) is 4.35. The van der Waals surface area contributed by atoms with Crippen LogP contribution in [0.25, 0.3) is 0 Å². The van der Waals surface area contributed by atoms with Crippen LogP contribution in [0.4, 0.5) is 5.69 Å². The Labute approximate surface area is 96.5 Å². The van der Waals surface area contributed by atoms with E-state index in [4.69, 9.17) is 15.2 Å². The first-order valence-electron chi connectivity index (χ1n) is 5.91. The molecule has 0 radical (unpaired) electrons. The van der Waals surface area contributed by atoms with E-state index < -0.39 is 0 Å². The van der Waals surface area contributed by atoms with Crippen LogP contribution in [0.1, 0.15) is 31.2 Å². The maximum absolute atomic E-state index is 5.86. The molecule has 1 heterocycles. The maximum atomic E-state index is 5.86. The van der Waals surface area contributed by atoms with Crippen molar-refractivity contribution in [2.24, 2.45) is 0 Å². The van der Waals surface area contributed by atoms with E-state index in [-0.39, 0.29) is 0 Å². The van der Waals surface area contributed by atoms with Gasteiger partial charge < -0.3 is 15.2 Å². The Balaban J connectivity index is 2.17. The Hall–Kier alpha value is -1.22. The summed E-state index contributed by atoms with van der Waals surface area (Å²) in [7, 11) is 0. The molecule has 88 valence electrons. The molecule has 1 aliphatic rings. The maximum Gasteiger partial charge on any atom is 0.142 e. The van der Waals surface area contributed by atoms with E-state index >= 15 is 0 Å². The first-order valence-corrected chi connectivity index (χ1v) is 5.91. The van der Waals surface area contributed by atoms with Crippen LogP contribution in [-0.2, 0) is 4.74 Å². The Morgan fingerprint density at radius 2 is 2.12 bits per heavy atom. The van der Waals surface area contributed by atoms with Gasteiger partial charge in [0.15, 0.2) is 0 Å². The molecule has 1 fully saturated rings. The van der Waals surface area contributed by atoms with Gasteiger partial charge in [-0.3, -0.25) is 0 Å². The molecule has 0 amide bonds. The first kappa shape index (κ1) is 11.3. The highest BCUT2D eigenvalue weighted by atomic mass is 16.5. The van der Waals surface area contributed by atoms with Gasteiger partial charge in [-0.2, -0.15) is 0 Å². The van der Waals surface area contributed by atoms with Crippen molar-refractivity contribution in [2.75, 3.05) is 25.6 Å². The normalized spacial score (nSPS) is 17.3. The molecule has 16 heavy (non-hydrogen) atoms. The summed E-state index contributed by atoms with van der Waals surface area (Å²) in [4.78, 5) is 0. The summed E-state index contributed by atoms with van der Waals surface area (Å²) >= 11 is 0. The highest BCUT2D eigenvalue weighted by Crippen LogP contribution is 2.31. The Kier molecular flexibility index (Phi) is 3.67. The number of hydrogen-bond acceptors (Lipinski definition) is 3. The van der Waals surface area contributed by atoms with Gasteiger partial charge in [-0.1, -0.05) is 6.07 Å². The summed E-state index contributed by atoms with van der Waals surface area (Å²) in [5, 5.41) is 0. The van der Waals surface area contributed by atoms with Crippen molar-refractivity contribution in [3.63, 3.8) is 0 Å². The van der Waals surface area contributed by atoms with Gasteiger partial charge in [0.05, 0.1) is 12.3 Å². The van der Waals surface area contributed by atoms with Crippen molar-refractivity contribution in [3.8, 4) is 5.75 Å². The number of hydrogen-bond donors (Lipinski definition) is 1. The number of ether oxygens (including phenoxy) is 2. The lowest BCUT2D eigenvalue weighted by Gasteiger charge is -2.23. The smallest absolute Gasteiger partial charge is 0.142 e. The number of benzene rings is 1. The fourth-order valence-electron chi connectivity index (χ4n) is 2.12. The van der Waals surface area contributed by atoms with Crippen molar-refractivity contribution in [1.82, 2.24) is 0 Å². The Morgan fingerprint density at radius 1 is 1.38 bits per heavy atom. The predicted molar refractivity (Wildman–Crippen MR) is 64.8 cm³/mol. The zero-order chi connectivity index (χ0) is 11.4. The Morgan fingerprint density at radius 3 is 2.81 bits per heavy atom. The molecule has 3 heteroatoms. The topological polar surface area (TPSA) is 44.5 Å². The minimum absolute atomic E-state index is 0.591. The third kappa shape index (κ3) is 2.47. The second-order valence-electron chi connectivity index (χ2n) is 4.12. The number of anilines is 1. The minimum atomic E-state index is 0.591. The number of rotatable bonds is 3. The van der Waals surface area contributed by atoms with Crippen LogP contribution in [0.15, 0.2) is 18.2 Å². The summed E-state index contributed by atoms with van der Waals surface area (Å²) in [5.74, 6) is 1.40. The lowest BCUT2D eigenvalue weighted by Crippen LogP contribution is -2.14. The highest BCUT2D eigenvalue weighted by Gasteiger charge is 2.16. The summed E-state index contributed by atoms with van der Waals surface area (Å²) in [5.41, 5.74) is 7.90. The molecule has 2 rings (SSSR count). The molecule has 2 N–H and O–H groups in total. The van der Waals surface area contributed by atoms with E-state index in [1.807, 2.05) is 13.0 Å². The highest BCUT2D eigenvalue weighted by molar-refractivity contribution is 5.54. The molecule has 0 aromatic heterocycles. The van der Waals surface area contributed by atoms with Crippen LogP contribution in [0.5, 0.6) is 5.75 Å². The summed E-state index contributed by atoms with van der Waals surface area (Å²) < 4.78 is 10.9. The van der Waals surface area contributed by atoms with Crippen LogP contribution in [0.3, 0.4) is 0 Å². The van der Waals surface area contributed by atoms with Crippen molar-refractivity contribution in [3.05, 3.63) is 23.8 Å². The molecule has 0 unspecified atom stereocenters. The quantitative estimate of drug-likeness (QED) is 0.798. The van der Waals surface area contributed by atoms with E-state index in [1.54, 1.807) is 0 Å². The average molecular weight is 221 g/mol. The largest absolute Gasteiger partial charge is 0.492 e. The third-order valence-electron chi connectivity index (χ3n) is 3.03. The van der Waals surface area contributed by atoms with E-state index in [0.29, 0.717) is 12.5 Å². The van der Waals surface area contributed by atoms with Crippen molar-refractivity contribution >= 4 is 5.69 Å². The van der Waals surface area contributed by atoms with E-state index in [9.17, 15) is 0 Å². The van der Waals surface area contributed by atoms with Gasteiger partial charge in [-0.05, 0) is 43.4 Å². The zero-order valence-electron chi connectivity index (χ0n) is 9.74. The molecular weight excluding hydrogens is 202 g/mol. The standard InChI is InChI=1S/C13H19NO2/c1-2-16-13-9-11(3-4-12(13)14)10-5-7-15-8-6-10/h3-4,9-10H,2,5-8,14H2,1H3. The molecule has 0 saturated carbocycles. The molecule has 0 spiro atoms. The fraction of sp³-hybridized carbons (Fsp3) is 0.538. The Bertz CT molecular complexity index is 346. The second kappa shape index (κ2) is 5.21. The van der Waals surface area contributed by atoms with E-state index in [0.717, 1.165) is 37.5 Å². The molecule has 1 aromatic rings. The average Bonchev–Trinajstić information content (AvgIpc) is 2.33. The van der Waals surface area contributed by atoms with Gasteiger partial charge in [0.1, 0.15) is 5.75 Å². The minimum Gasteiger partial charge on any atom is -0.492 e. The van der Waals surface area contributed by atoms with Crippen LogP contribution < -0.4 is 10.5 Å². The van der Waals surface area contributed by atoms with Crippen molar-refractivity contribution in [1.29, 1.82) is 0 Å². The lowest BCUT2D eigenvalue weighted by molar-refractivity contribution is 0.0853. The van der Waals surface area contributed by atoms with Crippen molar-refractivity contribution < 1.29 is 9.47 Å². The lowest BCUT2D eigenvalue weighted by atomic mass is 9.91. The van der Waals surface area contributed by atoms with Crippen LogP contribution in [-0.4, -0.2) is 19.8 Å². The zero-order valence-corrected chi connectivity index (χ0v) is 9.74. The molecule has 0 atom stereocenters. The molecule has 0 bridgehead atoms. The SMILES string of the molecule is CCOc1cc(C2CCOCC2)ccc1N. The van der Waals surface area contributed by atoms with Crippen LogP contribution >= 0.6 is 0 Å². The molecule has 1 aliphatic heterocycles. The van der Waals surface area contributed by atoms with Gasteiger partial charge in [0.25, 0.3) is 0 Å². The molecule has 1 saturated heterocycles. The monoisotopic (exact) mass is 221 g/mol. The van der Waals surface area contributed by atoms with E-state index in [1.165, 1.54) is 5.56 Å². The number of nitrogen functional groups attached to an aromatic ring is 1. The second-order valence-corrected chi connectivity index (χ2v) is 4.12. The van der Waals surface area contributed by atoms with Crippen LogP contribution in [0.2, 0.25) is 0 Å². The third-order valence-corrected chi connectivity index (χ3v) is 3.03. The van der Waals surface area contributed by atoms with Gasteiger partial charge in [-0.25, -0.2) is 0 Å². The molecule has 3 nitrogen and oxygen atoms in total. The fourth-order valence-corrected chi connectivity index (χ4v) is 2.12. The first-order chi connectivity index (χ1) is 7.81. The molecule has 0 aliphatic carbocycles. The molecular formula is C13H19NO2. The van der Waals surface area contributed by atoms with Crippen LogP contribution in [0, 0.1) is 0 Å². The van der Waals surface area contributed by atoms with Gasteiger partial charge in [-0.15, -0.1) is 0 Å². The van der Waals surface area contributed by atoms with Gasteiger partial charge in [0, 0.05) is 13.2 Å². The predicted octanol–water partition coefficient (Wildman–Crippen LogP) is 2.56. The number of nitrogens with two attached hydrogens (primary N) is 1. The summed E-state index contributed by atoms with van der Waals surface area (Å²) in [6.07, 6.45) is 2.19. The van der Waals surface area contributed by atoms with Gasteiger partial charge in [0.2, 0.25) is 0 Å². The molecule has 1 aromatic carbocycles. The summed E-state index contributed by atoms with van der Waals surface area (Å²) in [6, 6.07) is 6.12. The van der Waals surface area contributed by atoms with Gasteiger partial charge >= 0.3 is 0 Å². The van der Waals surface area contributed by atoms with Crippen molar-refractivity contribution in [2.45, 2.75) is 25.7 Å².